The van der Waals surface area contributed by atoms with E-state index < -0.39 is 11.9 Å². The number of nitrogens with two attached hydrogens (primary N) is 1. The van der Waals surface area contributed by atoms with Crippen LogP contribution >= 0.6 is 0 Å². The average molecular weight is 517 g/mol. The molecule has 2 N–H and O–H groups in total. The van der Waals surface area contributed by atoms with Gasteiger partial charge >= 0.3 is 5.97 Å². The van der Waals surface area contributed by atoms with Crippen LogP contribution in [-0.2, 0) is 0 Å². The number of benzene rings is 3. The summed E-state index contributed by atoms with van der Waals surface area (Å²) in [5.41, 5.74) is 8.18. The van der Waals surface area contributed by atoms with Gasteiger partial charge in [-0.2, -0.15) is 5.26 Å². The molecule has 38 heavy (non-hydrogen) atoms. The van der Waals surface area contributed by atoms with E-state index in [-0.39, 0.29) is 17.2 Å². The van der Waals surface area contributed by atoms with Crippen LogP contribution in [0.2, 0.25) is 0 Å². The molecular weight excluding hydrogens is 488 g/mol. The Bertz CT molecular complexity index is 1380. The van der Waals surface area contributed by atoms with E-state index in [1.165, 1.54) is 33.5 Å². The van der Waals surface area contributed by atoms with E-state index in [0.29, 0.717) is 40.7 Å². The number of fused-ring (bicyclic) bond motifs is 1. The Morgan fingerprint density at radius 3 is 2.21 bits per heavy atom. The standard InChI is InChI=1S/C29H28N2O7/c1-5-12-36-19-8-6-17(7-9-19)26-21-11-10-20(15-23(21)38-28(31)22(26)16-30)37-29(32)18-13-24(33-2)27(35-4)25(14-18)34-3/h6-11,13-15,26H,5,12,31H2,1-4H3. The molecule has 3 aromatic carbocycles. The maximum atomic E-state index is 13.0. The van der Waals surface area contributed by atoms with Crippen molar-refractivity contribution in [2.75, 3.05) is 27.9 Å². The summed E-state index contributed by atoms with van der Waals surface area (Å²) >= 11 is 0. The van der Waals surface area contributed by atoms with Crippen molar-refractivity contribution >= 4 is 5.97 Å². The Kier molecular flexibility index (Phi) is 7.92. The van der Waals surface area contributed by atoms with E-state index in [1.807, 2.05) is 31.2 Å². The molecule has 196 valence electrons. The molecule has 4 rings (SSSR count). The molecule has 0 bridgehead atoms. The first-order chi connectivity index (χ1) is 18.4. The Balaban J connectivity index is 1.64. The number of allylic oxidation sites excluding steroid dienone is 1. The summed E-state index contributed by atoms with van der Waals surface area (Å²) in [7, 11) is 4.40. The van der Waals surface area contributed by atoms with Crippen LogP contribution in [0.5, 0.6) is 34.5 Å². The minimum absolute atomic E-state index is 0.00980. The molecule has 0 radical (unpaired) electrons. The molecule has 1 unspecified atom stereocenters. The van der Waals surface area contributed by atoms with Gasteiger partial charge in [0.1, 0.15) is 28.9 Å². The van der Waals surface area contributed by atoms with Gasteiger partial charge in [-0.1, -0.05) is 25.1 Å². The fraction of sp³-hybridized carbons (Fsp3) is 0.241. The van der Waals surface area contributed by atoms with Gasteiger partial charge in [-0.3, -0.25) is 0 Å². The van der Waals surface area contributed by atoms with Gasteiger partial charge in [-0.05, 0) is 42.3 Å². The summed E-state index contributed by atoms with van der Waals surface area (Å²) in [5, 5.41) is 9.82. The molecule has 0 spiro atoms. The number of carbonyl (C=O) groups is 1. The average Bonchev–Trinajstić information content (AvgIpc) is 2.94. The number of hydrogen-bond acceptors (Lipinski definition) is 9. The maximum absolute atomic E-state index is 13.0. The van der Waals surface area contributed by atoms with Gasteiger partial charge in [0.15, 0.2) is 11.5 Å². The van der Waals surface area contributed by atoms with Crippen molar-refractivity contribution in [2.45, 2.75) is 19.3 Å². The summed E-state index contributed by atoms with van der Waals surface area (Å²) in [6.07, 6.45) is 0.902. The predicted molar refractivity (Wildman–Crippen MR) is 139 cm³/mol. The normalized spacial score (nSPS) is 14.0. The molecule has 0 saturated heterocycles. The molecule has 0 aliphatic carbocycles. The van der Waals surface area contributed by atoms with E-state index in [4.69, 9.17) is 34.2 Å². The van der Waals surface area contributed by atoms with E-state index in [1.54, 1.807) is 18.2 Å². The van der Waals surface area contributed by atoms with Crippen molar-refractivity contribution in [1.82, 2.24) is 0 Å². The molecule has 9 nitrogen and oxygen atoms in total. The van der Waals surface area contributed by atoms with E-state index in [9.17, 15) is 10.1 Å². The number of carbonyl (C=O) groups excluding carboxylic acids is 1. The van der Waals surface area contributed by atoms with E-state index in [0.717, 1.165) is 17.7 Å². The Hall–Kier alpha value is -4.84. The number of nitrogens with zero attached hydrogens (tertiary/aromatic N) is 1. The highest BCUT2D eigenvalue weighted by Crippen LogP contribution is 2.44. The zero-order chi connectivity index (χ0) is 27.2. The highest BCUT2D eigenvalue weighted by molar-refractivity contribution is 5.92. The molecule has 1 aliphatic heterocycles. The lowest BCUT2D eigenvalue weighted by atomic mass is 9.83. The monoisotopic (exact) mass is 516 g/mol. The number of nitriles is 1. The predicted octanol–water partition coefficient (Wildman–Crippen LogP) is 4.94. The third-order valence-corrected chi connectivity index (χ3v) is 5.99. The van der Waals surface area contributed by atoms with E-state index >= 15 is 0 Å². The summed E-state index contributed by atoms with van der Waals surface area (Å²) in [5.74, 6) is 1.26. The highest BCUT2D eigenvalue weighted by Gasteiger charge is 2.31. The van der Waals surface area contributed by atoms with Gasteiger partial charge in [0.05, 0.1) is 39.4 Å². The van der Waals surface area contributed by atoms with Gasteiger partial charge in [0.25, 0.3) is 0 Å². The fourth-order valence-electron chi connectivity index (χ4n) is 4.18. The highest BCUT2D eigenvalue weighted by atomic mass is 16.5. The Morgan fingerprint density at radius 2 is 1.63 bits per heavy atom. The Labute approximate surface area is 220 Å². The lowest BCUT2D eigenvalue weighted by molar-refractivity contribution is 0.0733. The second-order valence-electron chi connectivity index (χ2n) is 8.35. The van der Waals surface area contributed by atoms with Crippen LogP contribution in [0.25, 0.3) is 0 Å². The van der Waals surface area contributed by atoms with E-state index in [2.05, 4.69) is 6.07 Å². The zero-order valence-electron chi connectivity index (χ0n) is 21.6. The van der Waals surface area contributed by atoms with Crippen LogP contribution < -0.4 is 34.2 Å². The van der Waals surface area contributed by atoms with Crippen LogP contribution in [0, 0.1) is 11.3 Å². The summed E-state index contributed by atoms with van der Waals surface area (Å²) in [6, 6.07) is 17.6. The van der Waals surface area contributed by atoms with Crippen LogP contribution in [0.15, 0.2) is 66.1 Å². The lowest BCUT2D eigenvalue weighted by Crippen LogP contribution is -2.21. The second kappa shape index (κ2) is 11.5. The lowest BCUT2D eigenvalue weighted by Gasteiger charge is -2.27. The first-order valence-electron chi connectivity index (χ1n) is 11.9. The molecular formula is C29H28N2O7. The SMILES string of the molecule is CCCOc1ccc(C2C(C#N)=C(N)Oc3cc(OC(=O)c4cc(OC)c(OC)c(OC)c4)ccc32)cc1. The number of esters is 1. The van der Waals surface area contributed by atoms with Gasteiger partial charge in [-0.25, -0.2) is 4.79 Å². The molecule has 0 amide bonds. The molecule has 1 aliphatic rings. The van der Waals surface area contributed by atoms with Crippen LogP contribution in [0.3, 0.4) is 0 Å². The van der Waals surface area contributed by atoms with Crippen LogP contribution in [0.4, 0.5) is 0 Å². The van der Waals surface area contributed by atoms with Crippen molar-refractivity contribution < 1.29 is 33.2 Å². The number of rotatable bonds is 9. The first kappa shape index (κ1) is 26.2. The smallest absolute Gasteiger partial charge is 0.343 e. The molecule has 1 atom stereocenters. The van der Waals surface area contributed by atoms with Crippen molar-refractivity contribution in [2.24, 2.45) is 5.73 Å². The van der Waals surface area contributed by atoms with Crippen molar-refractivity contribution in [3.05, 3.63) is 82.7 Å². The topological polar surface area (TPSA) is 122 Å². The number of methoxy groups -OCH3 is 3. The molecule has 0 fully saturated rings. The number of hydrogen-bond donors (Lipinski definition) is 1. The summed E-state index contributed by atoms with van der Waals surface area (Å²) < 4.78 is 33.0. The van der Waals surface area contributed by atoms with Gasteiger partial charge in [0, 0.05) is 11.6 Å². The maximum Gasteiger partial charge on any atom is 0.343 e. The molecule has 3 aromatic rings. The fourth-order valence-corrected chi connectivity index (χ4v) is 4.18. The summed E-state index contributed by atoms with van der Waals surface area (Å²) in [6.45, 7) is 2.66. The third-order valence-electron chi connectivity index (χ3n) is 5.99. The van der Waals surface area contributed by atoms with Gasteiger partial charge in [0.2, 0.25) is 11.6 Å². The largest absolute Gasteiger partial charge is 0.494 e. The second-order valence-corrected chi connectivity index (χ2v) is 8.35. The first-order valence-corrected chi connectivity index (χ1v) is 11.9. The molecule has 9 heteroatoms. The van der Waals surface area contributed by atoms with Gasteiger partial charge < -0.3 is 34.2 Å². The zero-order valence-corrected chi connectivity index (χ0v) is 21.6. The molecule has 0 saturated carbocycles. The minimum atomic E-state index is -0.638. The van der Waals surface area contributed by atoms with Crippen LogP contribution in [0.1, 0.15) is 40.7 Å². The number of ether oxygens (including phenoxy) is 6. The Morgan fingerprint density at radius 1 is 0.974 bits per heavy atom. The van der Waals surface area contributed by atoms with Crippen molar-refractivity contribution in [1.29, 1.82) is 5.26 Å². The third kappa shape index (κ3) is 5.15. The van der Waals surface area contributed by atoms with Gasteiger partial charge in [-0.15, -0.1) is 0 Å². The van der Waals surface area contributed by atoms with Crippen LogP contribution in [-0.4, -0.2) is 33.9 Å². The van der Waals surface area contributed by atoms with Crippen molar-refractivity contribution in [3.8, 4) is 40.6 Å². The van der Waals surface area contributed by atoms with Crippen molar-refractivity contribution in [3.63, 3.8) is 0 Å². The molecule has 1 heterocycles. The molecule has 0 aromatic heterocycles. The minimum Gasteiger partial charge on any atom is -0.494 e. The quantitative estimate of drug-likeness (QED) is 0.311. The summed E-state index contributed by atoms with van der Waals surface area (Å²) in [4.78, 5) is 13.0.